The molecule has 0 saturated heterocycles. The molecule has 1 heteroatoms. The Bertz CT molecular complexity index is 123. The molecule has 0 aromatic heterocycles. The summed E-state index contributed by atoms with van der Waals surface area (Å²) in [6.07, 6.45) is 8.04. The lowest BCUT2D eigenvalue weighted by molar-refractivity contribution is 0.271. The van der Waals surface area contributed by atoms with E-state index >= 15 is 0 Å². The van der Waals surface area contributed by atoms with Crippen LogP contribution in [0.2, 0.25) is 0 Å². The summed E-state index contributed by atoms with van der Waals surface area (Å²) in [5.74, 6) is 0. The minimum atomic E-state index is -0.465. The number of hydrogen-bond acceptors (Lipinski definition) is 1. The summed E-state index contributed by atoms with van der Waals surface area (Å²) < 4.78 is 0. The third kappa shape index (κ3) is 5.04. The molecule has 0 spiro atoms. The molecule has 0 aromatic rings. The predicted molar refractivity (Wildman–Crippen MR) is 40.2 cm³/mol. The van der Waals surface area contributed by atoms with Gasteiger partial charge in [-0.25, -0.2) is 0 Å². The molecule has 0 radical (unpaired) electrons. The number of allylic oxidation sites excluding steroid dienone is 3. The first-order valence-corrected chi connectivity index (χ1v) is 2.91. The van der Waals surface area contributed by atoms with E-state index in [2.05, 4.69) is 6.58 Å². The summed E-state index contributed by atoms with van der Waals surface area (Å²) in [4.78, 5) is 0. The van der Waals surface area contributed by atoms with Crippen LogP contribution in [-0.2, 0) is 0 Å². The van der Waals surface area contributed by atoms with Gasteiger partial charge >= 0.3 is 0 Å². The van der Waals surface area contributed by atoms with Gasteiger partial charge in [-0.05, 0) is 6.92 Å². The lowest BCUT2D eigenvalue weighted by Gasteiger charge is -1.92. The van der Waals surface area contributed by atoms with Crippen molar-refractivity contribution in [3.8, 4) is 0 Å². The fourth-order valence-corrected chi connectivity index (χ4v) is 0.454. The molecule has 0 aliphatic carbocycles. The van der Waals surface area contributed by atoms with Gasteiger partial charge in [-0.1, -0.05) is 37.0 Å². The van der Waals surface area contributed by atoms with E-state index in [1.807, 2.05) is 6.92 Å². The van der Waals surface area contributed by atoms with Crippen molar-refractivity contribution in [3.05, 3.63) is 37.0 Å². The van der Waals surface area contributed by atoms with Crippen molar-refractivity contribution in [3.63, 3.8) is 0 Å². The highest BCUT2D eigenvalue weighted by Gasteiger charge is 1.85. The molecule has 1 N–H and O–H groups in total. The van der Waals surface area contributed by atoms with Gasteiger partial charge in [0.05, 0.1) is 6.10 Å². The number of hydrogen-bond donors (Lipinski definition) is 1. The van der Waals surface area contributed by atoms with Gasteiger partial charge in [-0.15, -0.1) is 0 Å². The maximum atomic E-state index is 8.96. The Labute approximate surface area is 56.0 Å². The minimum absolute atomic E-state index is 0.465. The Morgan fingerprint density at radius 3 is 2.56 bits per heavy atom. The van der Waals surface area contributed by atoms with E-state index in [0.717, 1.165) is 0 Å². The Balaban J connectivity index is 3.61. The van der Waals surface area contributed by atoms with Gasteiger partial charge in [0.15, 0.2) is 0 Å². The molecule has 0 saturated carbocycles. The van der Waals surface area contributed by atoms with Crippen LogP contribution in [0, 0.1) is 0 Å². The van der Waals surface area contributed by atoms with Crippen LogP contribution in [0.1, 0.15) is 6.92 Å². The zero-order chi connectivity index (χ0) is 7.11. The summed E-state index contributed by atoms with van der Waals surface area (Å²) in [6, 6.07) is 0. The molecular formula is C8H12O. The fourth-order valence-electron chi connectivity index (χ4n) is 0.454. The highest BCUT2D eigenvalue weighted by molar-refractivity contribution is 5.06. The molecule has 0 aliphatic rings. The second kappa shape index (κ2) is 5.32. The molecule has 0 aromatic carbocycles. The fraction of sp³-hybridized carbons (Fsp3) is 0.250. The third-order valence-corrected chi connectivity index (χ3v) is 0.834. The van der Waals surface area contributed by atoms with Crippen molar-refractivity contribution in [2.24, 2.45) is 0 Å². The van der Waals surface area contributed by atoms with E-state index in [4.69, 9.17) is 5.11 Å². The SMILES string of the molecule is C=CC=CC(O)C=CC. The van der Waals surface area contributed by atoms with E-state index in [-0.39, 0.29) is 0 Å². The van der Waals surface area contributed by atoms with Gasteiger partial charge in [-0.2, -0.15) is 0 Å². The topological polar surface area (TPSA) is 20.2 Å². The van der Waals surface area contributed by atoms with E-state index in [1.54, 1.807) is 30.4 Å². The second-order valence-electron chi connectivity index (χ2n) is 1.64. The summed E-state index contributed by atoms with van der Waals surface area (Å²) in [5, 5.41) is 8.96. The van der Waals surface area contributed by atoms with Crippen LogP contribution in [0.5, 0.6) is 0 Å². The van der Waals surface area contributed by atoms with Gasteiger partial charge in [-0.3, -0.25) is 0 Å². The number of aliphatic hydroxyl groups excluding tert-OH is 1. The molecule has 0 aliphatic heterocycles. The van der Waals surface area contributed by atoms with Gasteiger partial charge in [0.2, 0.25) is 0 Å². The Morgan fingerprint density at radius 2 is 2.11 bits per heavy atom. The summed E-state index contributed by atoms with van der Waals surface area (Å²) in [5.41, 5.74) is 0. The van der Waals surface area contributed by atoms with Crippen molar-refractivity contribution in [2.45, 2.75) is 13.0 Å². The van der Waals surface area contributed by atoms with E-state index in [9.17, 15) is 0 Å². The molecular weight excluding hydrogens is 112 g/mol. The van der Waals surface area contributed by atoms with Crippen LogP contribution < -0.4 is 0 Å². The Morgan fingerprint density at radius 1 is 1.44 bits per heavy atom. The zero-order valence-corrected chi connectivity index (χ0v) is 5.62. The van der Waals surface area contributed by atoms with Gasteiger partial charge in [0.1, 0.15) is 0 Å². The van der Waals surface area contributed by atoms with Crippen LogP contribution in [0.15, 0.2) is 37.0 Å². The smallest absolute Gasteiger partial charge is 0.0905 e. The largest absolute Gasteiger partial charge is 0.385 e. The quantitative estimate of drug-likeness (QED) is 0.448. The van der Waals surface area contributed by atoms with Crippen LogP contribution in [0.3, 0.4) is 0 Å². The molecule has 0 rings (SSSR count). The Hall–Kier alpha value is -0.820. The molecule has 1 unspecified atom stereocenters. The predicted octanol–water partition coefficient (Wildman–Crippen LogP) is 1.67. The van der Waals surface area contributed by atoms with E-state index in [1.165, 1.54) is 0 Å². The first-order valence-electron chi connectivity index (χ1n) is 2.91. The minimum Gasteiger partial charge on any atom is -0.385 e. The van der Waals surface area contributed by atoms with Crippen molar-refractivity contribution < 1.29 is 5.11 Å². The van der Waals surface area contributed by atoms with Crippen molar-refractivity contribution in [1.82, 2.24) is 0 Å². The second-order valence-corrected chi connectivity index (χ2v) is 1.64. The van der Waals surface area contributed by atoms with Crippen LogP contribution in [0.4, 0.5) is 0 Å². The van der Waals surface area contributed by atoms with Gasteiger partial charge in [0.25, 0.3) is 0 Å². The van der Waals surface area contributed by atoms with Crippen LogP contribution in [-0.4, -0.2) is 11.2 Å². The molecule has 1 nitrogen and oxygen atoms in total. The number of aliphatic hydroxyl groups is 1. The Kier molecular flexibility index (Phi) is 4.83. The standard InChI is InChI=1S/C8H12O/c1-3-5-7-8(9)6-4-2/h3-9H,1H2,2H3. The molecule has 9 heavy (non-hydrogen) atoms. The lowest BCUT2D eigenvalue weighted by atomic mass is 10.3. The third-order valence-electron chi connectivity index (χ3n) is 0.834. The molecule has 0 heterocycles. The monoisotopic (exact) mass is 124 g/mol. The first kappa shape index (κ1) is 8.18. The maximum absolute atomic E-state index is 8.96. The number of rotatable bonds is 3. The van der Waals surface area contributed by atoms with Crippen molar-refractivity contribution in [2.75, 3.05) is 0 Å². The first-order chi connectivity index (χ1) is 4.31. The normalized spacial score (nSPS) is 14.9. The summed E-state index contributed by atoms with van der Waals surface area (Å²) >= 11 is 0. The molecule has 50 valence electrons. The average molecular weight is 124 g/mol. The molecule has 0 fully saturated rings. The molecule has 0 bridgehead atoms. The lowest BCUT2D eigenvalue weighted by Crippen LogP contribution is -1.94. The van der Waals surface area contributed by atoms with Gasteiger partial charge < -0.3 is 5.11 Å². The van der Waals surface area contributed by atoms with Crippen molar-refractivity contribution in [1.29, 1.82) is 0 Å². The molecule has 0 amide bonds. The van der Waals surface area contributed by atoms with Crippen molar-refractivity contribution >= 4 is 0 Å². The van der Waals surface area contributed by atoms with Crippen LogP contribution >= 0.6 is 0 Å². The maximum Gasteiger partial charge on any atom is 0.0905 e. The zero-order valence-electron chi connectivity index (χ0n) is 5.62. The molecule has 1 atom stereocenters. The van der Waals surface area contributed by atoms with E-state index in [0.29, 0.717) is 0 Å². The highest BCUT2D eigenvalue weighted by Crippen LogP contribution is 1.87. The van der Waals surface area contributed by atoms with Gasteiger partial charge in [0, 0.05) is 0 Å². The van der Waals surface area contributed by atoms with E-state index < -0.39 is 6.10 Å². The summed E-state index contributed by atoms with van der Waals surface area (Å²) in [6.45, 7) is 5.34. The van der Waals surface area contributed by atoms with Crippen LogP contribution in [0.25, 0.3) is 0 Å². The summed E-state index contributed by atoms with van der Waals surface area (Å²) in [7, 11) is 0. The average Bonchev–Trinajstić information content (AvgIpc) is 1.85. The highest BCUT2D eigenvalue weighted by atomic mass is 16.3.